The van der Waals surface area contributed by atoms with Crippen LogP contribution in [0.4, 0.5) is 4.79 Å². The maximum absolute atomic E-state index is 13.2. The number of imide groups is 1. The van der Waals surface area contributed by atoms with E-state index in [2.05, 4.69) is 10.3 Å². The van der Waals surface area contributed by atoms with E-state index in [0.29, 0.717) is 48.6 Å². The van der Waals surface area contributed by atoms with E-state index in [1.54, 1.807) is 11.0 Å². The molecular formula is C24H22N4O3. The van der Waals surface area contributed by atoms with Gasteiger partial charge >= 0.3 is 6.03 Å². The minimum Gasteiger partial charge on any atom is -0.380 e. The highest BCUT2D eigenvalue weighted by Crippen LogP contribution is 2.30. The highest BCUT2D eigenvalue weighted by atomic mass is 16.5. The molecule has 7 heteroatoms. The van der Waals surface area contributed by atoms with E-state index in [1.165, 1.54) is 0 Å². The molecule has 3 heterocycles. The number of urea groups is 1. The van der Waals surface area contributed by atoms with Crippen LogP contribution in [0.1, 0.15) is 16.8 Å². The van der Waals surface area contributed by atoms with Gasteiger partial charge in [-0.1, -0.05) is 48.5 Å². The van der Waals surface area contributed by atoms with Crippen LogP contribution in [0.5, 0.6) is 0 Å². The number of aromatic nitrogens is 2. The fourth-order valence-corrected chi connectivity index (χ4v) is 3.93. The van der Waals surface area contributed by atoms with Crippen molar-refractivity contribution in [2.45, 2.75) is 6.42 Å². The third-order valence-electron chi connectivity index (χ3n) is 5.51. The molecule has 2 aromatic heterocycles. The molecule has 4 aromatic rings. The number of nitrogens with zero attached hydrogens (tertiary/aromatic N) is 2. The lowest BCUT2D eigenvalue weighted by Crippen LogP contribution is -2.44. The molecule has 0 saturated carbocycles. The topological polar surface area (TPSA) is 87.3 Å². The second-order valence-electron chi connectivity index (χ2n) is 7.53. The summed E-state index contributed by atoms with van der Waals surface area (Å²) < 4.78 is 5.40. The fourth-order valence-electron chi connectivity index (χ4n) is 3.93. The summed E-state index contributed by atoms with van der Waals surface area (Å²) in [5.41, 5.74) is 4.18. The van der Waals surface area contributed by atoms with Crippen molar-refractivity contribution in [3.8, 4) is 11.3 Å². The van der Waals surface area contributed by atoms with Gasteiger partial charge in [-0.2, -0.15) is 0 Å². The minimum absolute atomic E-state index is 0.388. The zero-order valence-corrected chi connectivity index (χ0v) is 16.9. The summed E-state index contributed by atoms with van der Waals surface area (Å²) >= 11 is 0. The van der Waals surface area contributed by atoms with Gasteiger partial charge in [-0.15, -0.1) is 0 Å². The second-order valence-corrected chi connectivity index (χ2v) is 7.53. The highest BCUT2D eigenvalue weighted by molar-refractivity contribution is 6.16. The molecule has 0 bridgehead atoms. The summed E-state index contributed by atoms with van der Waals surface area (Å²) in [7, 11) is 0. The zero-order valence-electron chi connectivity index (χ0n) is 16.9. The van der Waals surface area contributed by atoms with Gasteiger partial charge in [0.05, 0.1) is 28.9 Å². The first-order chi connectivity index (χ1) is 15.2. The lowest BCUT2D eigenvalue weighted by molar-refractivity contribution is 0.0950. The summed E-state index contributed by atoms with van der Waals surface area (Å²) in [6, 6.07) is 18.8. The minimum atomic E-state index is -0.452. The Bertz CT molecular complexity index is 1260. The molecular weight excluding hydrogens is 392 g/mol. The number of aromatic amines is 1. The summed E-state index contributed by atoms with van der Waals surface area (Å²) in [5.74, 6) is -0.452. The molecule has 0 radical (unpaired) electrons. The summed E-state index contributed by atoms with van der Waals surface area (Å²) in [5, 5.41) is 3.48. The summed E-state index contributed by atoms with van der Waals surface area (Å²) in [6.07, 6.45) is 0.751. The van der Waals surface area contributed by atoms with Crippen molar-refractivity contribution in [2.24, 2.45) is 0 Å². The van der Waals surface area contributed by atoms with Crippen molar-refractivity contribution in [1.29, 1.82) is 0 Å². The van der Waals surface area contributed by atoms with Gasteiger partial charge < -0.3 is 14.6 Å². The van der Waals surface area contributed by atoms with Crippen LogP contribution in [0.15, 0.2) is 60.7 Å². The van der Waals surface area contributed by atoms with E-state index < -0.39 is 11.9 Å². The monoisotopic (exact) mass is 414 g/mol. The molecule has 2 N–H and O–H groups in total. The van der Waals surface area contributed by atoms with Gasteiger partial charge in [-0.3, -0.25) is 10.1 Å². The van der Waals surface area contributed by atoms with Crippen molar-refractivity contribution >= 4 is 33.9 Å². The van der Waals surface area contributed by atoms with Crippen molar-refractivity contribution in [2.75, 3.05) is 26.3 Å². The molecule has 7 nitrogen and oxygen atoms in total. The number of carbonyl (C=O) groups excluding carboxylic acids is 2. The SMILES string of the molecule is O=C(NC(=O)N1CCCOCC1)c1cc(-c2ccccc2)nc2c1[nH]c1ccccc12. The van der Waals surface area contributed by atoms with Crippen LogP contribution in [0.2, 0.25) is 0 Å². The lowest BCUT2D eigenvalue weighted by Gasteiger charge is -2.19. The number of nitrogens with one attached hydrogen (secondary N) is 2. The number of hydrogen-bond acceptors (Lipinski definition) is 4. The van der Waals surface area contributed by atoms with Crippen LogP contribution in [0.25, 0.3) is 33.2 Å². The third kappa shape index (κ3) is 3.75. The molecule has 31 heavy (non-hydrogen) atoms. The quantitative estimate of drug-likeness (QED) is 0.520. The van der Waals surface area contributed by atoms with E-state index in [1.807, 2.05) is 54.6 Å². The van der Waals surface area contributed by atoms with E-state index in [9.17, 15) is 9.59 Å². The molecule has 1 saturated heterocycles. The number of para-hydroxylation sites is 1. The van der Waals surface area contributed by atoms with Crippen molar-refractivity contribution in [3.05, 3.63) is 66.2 Å². The third-order valence-corrected chi connectivity index (χ3v) is 5.51. The van der Waals surface area contributed by atoms with Crippen molar-refractivity contribution in [3.63, 3.8) is 0 Å². The largest absolute Gasteiger partial charge is 0.380 e. The Morgan fingerprint density at radius 2 is 1.81 bits per heavy atom. The number of benzene rings is 2. The summed E-state index contributed by atoms with van der Waals surface area (Å²) in [4.78, 5) is 35.7. The van der Waals surface area contributed by atoms with Gasteiger partial charge in [0.2, 0.25) is 0 Å². The van der Waals surface area contributed by atoms with Crippen LogP contribution >= 0.6 is 0 Å². The molecule has 0 spiro atoms. The van der Waals surface area contributed by atoms with E-state index >= 15 is 0 Å². The normalized spacial score (nSPS) is 14.5. The first-order valence-corrected chi connectivity index (χ1v) is 10.4. The van der Waals surface area contributed by atoms with Crippen molar-refractivity contribution in [1.82, 2.24) is 20.2 Å². The lowest BCUT2D eigenvalue weighted by atomic mass is 10.1. The van der Waals surface area contributed by atoms with Crippen LogP contribution < -0.4 is 5.32 Å². The second kappa shape index (κ2) is 8.20. The number of ether oxygens (including phenoxy) is 1. The first kappa shape index (κ1) is 19.3. The van der Waals surface area contributed by atoms with E-state index in [0.717, 1.165) is 22.9 Å². The molecule has 156 valence electrons. The number of carbonyl (C=O) groups is 2. The van der Waals surface area contributed by atoms with Crippen LogP contribution in [-0.2, 0) is 4.74 Å². The van der Waals surface area contributed by atoms with Gasteiger partial charge in [-0.25, -0.2) is 9.78 Å². The Hall–Kier alpha value is -3.71. The van der Waals surface area contributed by atoms with Crippen molar-refractivity contribution < 1.29 is 14.3 Å². The number of rotatable bonds is 2. The molecule has 5 rings (SSSR count). The van der Waals surface area contributed by atoms with Gasteiger partial charge in [-0.05, 0) is 18.6 Å². The molecule has 0 unspecified atom stereocenters. The van der Waals surface area contributed by atoms with Gasteiger partial charge in [0.25, 0.3) is 5.91 Å². The fraction of sp³-hybridized carbons (Fsp3) is 0.208. The molecule has 0 atom stereocenters. The standard InChI is InChI=1S/C24H22N4O3/c29-23(27-24(30)28-11-6-13-31-14-12-28)18-15-20(16-7-2-1-3-8-16)26-21-17-9-4-5-10-19(17)25-22(18)21/h1-5,7-10,15,25H,6,11-14H2,(H,27,29,30). The van der Waals surface area contributed by atoms with Crippen LogP contribution in [0, 0.1) is 0 Å². The number of H-pyrrole nitrogens is 1. The van der Waals surface area contributed by atoms with E-state index in [-0.39, 0.29) is 0 Å². The number of hydrogen-bond donors (Lipinski definition) is 2. The average Bonchev–Trinajstić information content (AvgIpc) is 2.97. The number of amides is 3. The Balaban J connectivity index is 1.57. The Morgan fingerprint density at radius 1 is 1.00 bits per heavy atom. The average molecular weight is 414 g/mol. The summed E-state index contributed by atoms with van der Waals surface area (Å²) in [6.45, 7) is 2.12. The van der Waals surface area contributed by atoms with Crippen LogP contribution in [-0.4, -0.2) is 53.1 Å². The molecule has 2 aromatic carbocycles. The van der Waals surface area contributed by atoms with Crippen LogP contribution in [0.3, 0.4) is 0 Å². The number of fused-ring (bicyclic) bond motifs is 3. The smallest absolute Gasteiger partial charge is 0.324 e. The first-order valence-electron chi connectivity index (χ1n) is 10.4. The van der Waals surface area contributed by atoms with Gasteiger partial charge in [0.1, 0.15) is 0 Å². The molecule has 1 aliphatic rings. The highest BCUT2D eigenvalue weighted by Gasteiger charge is 2.22. The zero-order chi connectivity index (χ0) is 21.2. The van der Waals surface area contributed by atoms with Gasteiger partial charge in [0.15, 0.2) is 0 Å². The number of pyridine rings is 1. The predicted octanol–water partition coefficient (Wildman–Crippen LogP) is 3.96. The Labute approximate surface area is 179 Å². The van der Waals surface area contributed by atoms with Gasteiger partial charge in [0, 0.05) is 36.2 Å². The maximum Gasteiger partial charge on any atom is 0.324 e. The molecule has 0 aliphatic carbocycles. The van der Waals surface area contributed by atoms with E-state index in [4.69, 9.17) is 9.72 Å². The Morgan fingerprint density at radius 3 is 2.68 bits per heavy atom. The maximum atomic E-state index is 13.2. The predicted molar refractivity (Wildman–Crippen MR) is 119 cm³/mol. The Kier molecular flexibility index (Phi) is 5.09. The molecule has 3 amide bonds. The molecule has 1 fully saturated rings. The molecule has 1 aliphatic heterocycles.